The van der Waals surface area contributed by atoms with Crippen molar-refractivity contribution < 1.29 is 22.7 Å². The minimum Gasteiger partial charge on any atom is -0.496 e. The zero-order valence-electron chi connectivity index (χ0n) is 18.1. The number of piperidine rings is 1. The molecule has 0 aliphatic carbocycles. The summed E-state index contributed by atoms with van der Waals surface area (Å²) in [6.07, 6.45) is 2.11. The normalized spacial score (nSPS) is 15.3. The van der Waals surface area contributed by atoms with Crippen LogP contribution in [0.5, 0.6) is 11.5 Å². The van der Waals surface area contributed by atoms with Gasteiger partial charge in [-0.25, -0.2) is 8.42 Å². The van der Waals surface area contributed by atoms with Crippen molar-refractivity contribution >= 4 is 21.6 Å². The summed E-state index contributed by atoms with van der Waals surface area (Å²) in [4.78, 5) is 14.5. The van der Waals surface area contributed by atoms with Gasteiger partial charge in [0.1, 0.15) is 17.6 Å². The number of sulfonamides is 1. The van der Waals surface area contributed by atoms with E-state index < -0.39 is 15.9 Å². The number of anilines is 1. The fraction of sp³-hybridized carbons (Fsp3) is 0.409. The number of carbonyl (C=O) groups excluding carboxylic acids is 1. The molecule has 1 heterocycles. The Kier molecular flexibility index (Phi) is 7.40. The Morgan fingerprint density at radius 1 is 1.13 bits per heavy atom. The van der Waals surface area contributed by atoms with E-state index in [1.54, 1.807) is 31.2 Å². The van der Waals surface area contributed by atoms with Crippen LogP contribution in [0.4, 0.5) is 5.69 Å². The first-order chi connectivity index (χ1) is 14.8. The summed E-state index contributed by atoms with van der Waals surface area (Å²) < 4.78 is 39.4. The van der Waals surface area contributed by atoms with Gasteiger partial charge in [0.2, 0.25) is 0 Å². The molecule has 0 aromatic heterocycles. The molecule has 9 heteroatoms. The van der Waals surface area contributed by atoms with E-state index in [4.69, 9.17) is 9.47 Å². The smallest absolute Gasteiger partial charge is 0.261 e. The molecule has 0 bridgehead atoms. The highest BCUT2D eigenvalue weighted by molar-refractivity contribution is 7.92. The van der Waals surface area contributed by atoms with E-state index in [-0.39, 0.29) is 16.6 Å². The number of rotatable bonds is 8. The van der Waals surface area contributed by atoms with Crippen molar-refractivity contribution in [3.63, 3.8) is 0 Å². The Balaban J connectivity index is 1.71. The minimum absolute atomic E-state index is 0.0267. The number of hydrogen-bond acceptors (Lipinski definition) is 6. The van der Waals surface area contributed by atoms with Crippen LogP contribution in [-0.4, -0.2) is 59.1 Å². The number of nitrogens with one attached hydrogen (secondary N) is 2. The van der Waals surface area contributed by atoms with Gasteiger partial charge in [-0.05, 0) is 69.3 Å². The van der Waals surface area contributed by atoms with E-state index in [1.807, 2.05) is 0 Å². The molecule has 3 rings (SSSR count). The van der Waals surface area contributed by atoms with E-state index in [0.29, 0.717) is 23.7 Å². The Morgan fingerprint density at radius 3 is 2.42 bits per heavy atom. The van der Waals surface area contributed by atoms with Crippen molar-refractivity contribution in [3.8, 4) is 11.5 Å². The van der Waals surface area contributed by atoms with Crippen LogP contribution >= 0.6 is 0 Å². The van der Waals surface area contributed by atoms with E-state index >= 15 is 0 Å². The number of likely N-dealkylation sites (tertiary alicyclic amines) is 1. The molecule has 0 atom stereocenters. The quantitative estimate of drug-likeness (QED) is 0.646. The fourth-order valence-corrected chi connectivity index (χ4v) is 4.48. The summed E-state index contributed by atoms with van der Waals surface area (Å²) in [6, 6.07) is 11.0. The van der Waals surface area contributed by atoms with Gasteiger partial charge in [-0.1, -0.05) is 0 Å². The van der Waals surface area contributed by atoms with Gasteiger partial charge in [-0.15, -0.1) is 0 Å². The lowest BCUT2D eigenvalue weighted by molar-refractivity contribution is 0.0952. The Morgan fingerprint density at radius 2 is 1.81 bits per heavy atom. The predicted octanol–water partition coefficient (Wildman–Crippen LogP) is 2.72. The van der Waals surface area contributed by atoms with Crippen molar-refractivity contribution in [1.82, 2.24) is 10.2 Å². The molecule has 1 fully saturated rings. The third kappa shape index (κ3) is 5.89. The molecule has 8 nitrogen and oxygen atoms in total. The van der Waals surface area contributed by atoms with Gasteiger partial charge in [0.15, 0.2) is 0 Å². The molecule has 0 radical (unpaired) electrons. The SMILES string of the molecule is CCNC(=O)c1cc(S(=O)(=O)Nc2ccc(OC3CCN(C)CC3)cc2)ccc1OC. The second-order valence-corrected chi connectivity index (χ2v) is 9.15. The van der Waals surface area contributed by atoms with Crippen molar-refractivity contribution in [3.05, 3.63) is 48.0 Å². The van der Waals surface area contributed by atoms with Crippen LogP contribution < -0.4 is 19.5 Å². The van der Waals surface area contributed by atoms with E-state index in [0.717, 1.165) is 25.9 Å². The summed E-state index contributed by atoms with van der Waals surface area (Å²) >= 11 is 0. The third-order valence-corrected chi connectivity index (χ3v) is 6.52. The Bertz CT molecular complexity index is 1000. The average Bonchev–Trinajstić information content (AvgIpc) is 2.76. The van der Waals surface area contributed by atoms with Gasteiger partial charge >= 0.3 is 0 Å². The molecule has 0 unspecified atom stereocenters. The van der Waals surface area contributed by atoms with Crippen molar-refractivity contribution in [2.75, 3.05) is 38.5 Å². The molecular weight excluding hydrogens is 418 g/mol. The van der Waals surface area contributed by atoms with Gasteiger partial charge in [-0.3, -0.25) is 9.52 Å². The number of nitrogens with zero attached hydrogens (tertiary/aromatic N) is 1. The zero-order valence-corrected chi connectivity index (χ0v) is 18.9. The van der Waals surface area contributed by atoms with Crippen molar-refractivity contribution in [2.45, 2.75) is 30.8 Å². The highest BCUT2D eigenvalue weighted by Crippen LogP contribution is 2.26. The zero-order chi connectivity index (χ0) is 22.4. The summed E-state index contributed by atoms with van der Waals surface area (Å²) in [5.41, 5.74) is 0.570. The maximum atomic E-state index is 12.8. The summed E-state index contributed by atoms with van der Waals surface area (Å²) in [5.74, 6) is 0.618. The average molecular weight is 448 g/mol. The van der Waals surface area contributed by atoms with E-state index in [1.165, 1.54) is 25.3 Å². The van der Waals surface area contributed by atoms with Crippen LogP contribution in [0, 0.1) is 0 Å². The van der Waals surface area contributed by atoms with Crippen LogP contribution in [0.1, 0.15) is 30.1 Å². The summed E-state index contributed by atoms with van der Waals surface area (Å²) in [6.45, 7) is 4.21. The maximum absolute atomic E-state index is 12.8. The lowest BCUT2D eigenvalue weighted by atomic mass is 10.1. The maximum Gasteiger partial charge on any atom is 0.261 e. The number of benzene rings is 2. The molecule has 168 valence electrons. The lowest BCUT2D eigenvalue weighted by Crippen LogP contribution is -2.35. The molecule has 31 heavy (non-hydrogen) atoms. The molecule has 0 saturated carbocycles. The Hall–Kier alpha value is -2.78. The molecule has 2 aromatic rings. The van der Waals surface area contributed by atoms with E-state index in [9.17, 15) is 13.2 Å². The molecule has 2 aromatic carbocycles. The summed E-state index contributed by atoms with van der Waals surface area (Å²) in [5, 5.41) is 2.66. The highest BCUT2D eigenvalue weighted by Gasteiger charge is 2.21. The number of carbonyl (C=O) groups is 1. The van der Waals surface area contributed by atoms with Gasteiger partial charge in [0, 0.05) is 25.3 Å². The van der Waals surface area contributed by atoms with Crippen LogP contribution in [0.2, 0.25) is 0 Å². The second kappa shape index (κ2) is 10.0. The van der Waals surface area contributed by atoms with E-state index in [2.05, 4.69) is 22.0 Å². The predicted molar refractivity (Wildman–Crippen MR) is 119 cm³/mol. The number of amides is 1. The number of ether oxygens (including phenoxy) is 2. The Labute approximate surface area is 183 Å². The largest absolute Gasteiger partial charge is 0.496 e. The van der Waals surface area contributed by atoms with Crippen LogP contribution in [0.25, 0.3) is 0 Å². The van der Waals surface area contributed by atoms with Gasteiger partial charge in [0.25, 0.3) is 15.9 Å². The third-order valence-electron chi connectivity index (χ3n) is 5.14. The van der Waals surface area contributed by atoms with Crippen LogP contribution in [0.3, 0.4) is 0 Å². The molecule has 1 amide bonds. The molecule has 1 aliphatic rings. The van der Waals surface area contributed by atoms with Crippen LogP contribution in [0.15, 0.2) is 47.4 Å². The number of hydrogen-bond donors (Lipinski definition) is 2. The first kappa shape index (κ1) is 22.9. The van der Waals surface area contributed by atoms with Gasteiger partial charge < -0.3 is 19.7 Å². The van der Waals surface area contributed by atoms with Gasteiger partial charge in [0.05, 0.1) is 17.6 Å². The van der Waals surface area contributed by atoms with Crippen LogP contribution in [-0.2, 0) is 10.0 Å². The molecule has 1 saturated heterocycles. The summed E-state index contributed by atoms with van der Waals surface area (Å²) in [7, 11) is -0.361. The second-order valence-electron chi connectivity index (χ2n) is 7.47. The molecular formula is C22H29N3O5S. The lowest BCUT2D eigenvalue weighted by Gasteiger charge is -2.29. The molecule has 1 aliphatic heterocycles. The minimum atomic E-state index is -3.89. The van der Waals surface area contributed by atoms with Crippen molar-refractivity contribution in [1.29, 1.82) is 0 Å². The van der Waals surface area contributed by atoms with Gasteiger partial charge in [-0.2, -0.15) is 0 Å². The fourth-order valence-electron chi connectivity index (χ4n) is 3.40. The first-order valence-corrected chi connectivity index (χ1v) is 11.7. The highest BCUT2D eigenvalue weighted by atomic mass is 32.2. The molecule has 2 N–H and O–H groups in total. The van der Waals surface area contributed by atoms with Crippen molar-refractivity contribution in [2.24, 2.45) is 0 Å². The standard InChI is InChI=1S/C22H29N3O5S/c1-4-23-22(26)20-15-19(9-10-21(20)29-3)31(27,28)24-16-5-7-17(8-6-16)30-18-11-13-25(2)14-12-18/h5-10,15,18,24H,4,11-14H2,1-3H3,(H,23,26). The first-order valence-electron chi connectivity index (χ1n) is 10.3. The number of methoxy groups -OCH3 is 1. The monoisotopic (exact) mass is 447 g/mol. The molecule has 0 spiro atoms. The topological polar surface area (TPSA) is 97.0 Å².